The number of hydrogen-bond acceptors (Lipinski definition) is 3. The molecule has 34 heavy (non-hydrogen) atoms. The molecule has 0 fully saturated rings. The summed E-state index contributed by atoms with van der Waals surface area (Å²) < 4.78 is 44.1. The Morgan fingerprint density at radius 1 is 0.971 bits per heavy atom. The maximum atomic E-state index is 13.1. The molecule has 0 saturated heterocycles. The average molecular weight is 468 g/mol. The summed E-state index contributed by atoms with van der Waals surface area (Å²) in [5, 5.41) is 5.67. The van der Waals surface area contributed by atoms with E-state index in [2.05, 4.69) is 15.4 Å². The third kappa shape index (κ3) is 4.90. The molecule has 5 nitrogen and oxygen atoms in total. The Morgan fingerprint density at radius 3 is 2.41 bits per heavy atom. The number of alkyl halides is 3. The summed E-state index contributed by atoms with van der Waals surface area (Å²) in [4.78, 5) is 24.6. The summed E-state index contributed by atoms with van der Waals surface area (Å²) in [5.74, 6) is -0.365. The van der Waals surface area contributed by atoms with Crippen molar-refractivity contribution >= 4 is 17.7 Å². The van der Waals surface area contributed by atoms with E-state index in [1.807, 2.05) is 12.1 Å². The molecule has 8 heteroatoms. The largest absolute Gasteiger partial charge is 0.453 e. The van der Waals surface area contributed by atoms with Crippen LogP contribution in [-0.4, -0.2) is 25.2 Å². The SMILES string of the molecule is COC(=O)N[C@H]1Cc2ccc(NC(=O)c3ccccc3-c3ccc(C(F)(F)F)c(C)c3)cc2C1. The number of hydrogen-bond donors (Lipinski definition) is 2. The van der Waals surface area contributed by atoms with Gasteiger partial charge in [0.25, 0.3) is 5.91 Å². The number of rotatable bonds is 4. The molecule has 0 aliphatic heterocycles. The Balaban J connectivity index is 1.55. The fraction of sp³-hybridized carbons (Fsp3) is 0.231. The highest BCUT2D eigenvalue weighted by Crippen LogP contribution is 2.35. The van der Waals surface area contributed by atoms with E-state index in [1.165, 1.54) is 26.2 Å². The van der Waals surface area contributed by atoms with Crippen molar-refractivity contribution in [2.24, 2.45) is 0 Å². The predicted molar refractivity (Wildman–Crippen MR) is 123 cm³/mol. The maximum absolute atomic E-state index is 13.1. The van der Waals surface area contributed by atoms with Gasteiger partial charge in [-0.25, -0.2) is 4.79 Å². The zero-order valence-electron chi connectivity index (χ0n) is 18.6. The quantitative estimate of drug-likeness (QED) is 0.512. The van der Waals surface area contributed by atoms with Gasteiger partial charge in [0.15, 0.2) is 0 Å². The number of fused-ring (bicyclic) bond motifs is 1. The van der Waals surface area contributed by atoms with Gasteiger partial charge in [0.2, 0.25) is 0 Å². The topological polar surface area (TPSA) is 67.4 Å². The van der Waals surface area contributed by atoms with Gasteiger partial charge in [-0.05, 0) is 71.8 Å². The summed E-state index contributed by atoms with van der Waals surface area (Å²) in [6.45, 7) is 1.40. The maximum Gasteiger partial charge on any atom is 0.416 e. The van der Waals surface area contributed by atoms with Gasteiger partial charge >= 0.3 is 12.3 Å². The van der Waals surface area contributed by atoms with Crippen molar-refractivity contribution in [2.75, 3.05) is 12.4 Å². The number of nitrogens with one attached hydrogen (secondary N) is 2. The molecule has 3 aromatic carbocycles. The molecule has 3 aromatic rings. The molecule has 1 aliphatic carbocycles. The van der Waals surface area contributed by atoms with Gasteiger partial charge in [-0.2, -0.15) is 13.2 Å². The first-order valence-corrected chi connectivity index (χ1v) is 10.7. The van der Waals surface area contributed by atoms with Crippen molar-refractivity contribution in [3.05, 3.63) is 88.5 Å². The van der Waals surface area contributed by atoms with E-state index in [9.17, 15) is 22.8 Å². The van der Waals surface area contributed by atoms with Crippen molar-refractivity contribution in [1.82, 2.24) is 5.32 Å². The molecule has 0 heterocycles. The molecule has 1 atom stereocenters. The summed E-state index contributed by atoms with van der Waals surface area (Å²) in [7, 11) is 1.31. The molecular weight excluding hydrogens is 445 g/mol. The number of carbonyl (C=O) groups excluding carboxylic acids is 2. The Hall–Kier alpha value is -3.81. The second kappa shape index (κ2) is 9.21. The van der Waals surface area contributed by atoms with Crippen LogP contribution in [0.25, 0.3) is 11.1 Å². The van der Waals surface area contributed by atoms with Crippen LogP contribution in [0.4, 0.5) is 23.7 Å². The third-order valence-corrected chi connectivity index (χ3v) is 5.92. The zero-order valence-corrected chi connectivity index (χ0v) is 18.6. The first-order valence-electron chi connectivity index (χ1n) is 10.7. The van der Waals surface area contributed by atoms with Crippen LogP contribution in [0, 0.1) is 6.92 Å². The number of ether oxygens (including phenoxy) is 1. The molecule has 0 radical (unpaired) electrons. The van der Waals surface area contributed by atoms with Crippen molar-refractivity contribution in [2.45, 2.75) is 32.0 Å². The number of alkyl carbamates (subject to hydrolysis) is 1. The Bertz CT molecular complexity index is 1250. The fourth-order valence-electron chi connectivity index (χ4n) is 4.30. The van der Waals surface area contributed by atoms with E-state index in [-0.39, 0.29) is 17.5 Å². The van der Waals surface area contributed by atoms with Crippen LogP contribution in [-0.2, 0) is 23.8 Å². The average Bonchev–Trinajstić information content (AvgIpc) is 3.19. The van der Waals surface area contributed by atoms with Crippen LogP contribution in [0.5, 0.6) is 0 Å². The number of anilines is 1. The number of aryl methyl sites for hydroxylation is 1. The van der Waals surface area contributed by atoms with Gasteiger partial charge in [0, 0.05) is 17.3 Å². The standard InChI is InChI=1S/C26H23F3N2O3/c1-15-11-17(8-10-23(15)26(27,28)29)21-5-3-4-6-22(21)24(32)30-19-9-7-16-12-20(14-18(16)13-19)31-25(33)34-2/h3-11,13,20H,12,14H2,1-2H3,(H,30,32)(H,31,33)/t20-/m0/s1. The van der Waals surface area contributed by atoms with Crippen LogP contribution in [0.3, 0.4) is 0 Å². The van der Waals surface area contributed by atoms with E-state index < -0.39 is 17.8 Å². The molecule has 0 unspecified atom stereocenters. The minimum atomic E-state index is -4.43. The van der Waals surface area contributed by atoms with Crippen molar-refractivity contribution < 1.29 is 27.5 Å². The Labute approximate surface area is 194 Å². The lowest BCUT2D eigenvalue weighted by Gasteiger charge is -2.14. The van der Waals surface area contributed by atoms with Crippen molar-refractivity contribution in [3.63, 3.8) is 0 Å². The molecule has 2 amide bonds. The van der Waals surface area contributed by atoms with Gasteiger partial charge in [0.05, 0.1) is 12.7 Å². The molecular formula is C26H23F3N2O3. The smallest absolute Gasteiger partial charge is 0.416 e. The van der Waals surface area contributed by atoms with Gasteiger partial charge in [-0.1, -0.05) is 36.4 Å². The minimum Gasteiger partial charge on any atom is -0.453 e. The van der Waals surface area contributed by atoms with E-state index in [4.69, 9.17) is 0 Å². The molecule has 2 N–H and O–H groups in total. The first kappa shape index (κ1) is 23.4. The first-order chi connectivity index (χ1) is 16.2. The Morgan fingerprint density at radius 2 is 1.71 bits per heavy atom. The van der Waals surface area contributed by atoms with Crippen LogP contribution in [0.2, 0.25) is 0 Å². The number of benzene rings is 3. The highest BCUT2D eigenvalue weighted by molar-refractivity contribution is 6.08. The number of carbonyl (C=O) groups is 2. The van der Waals surface area contributed by atoms with E-state index >= 15 is 0 Å². The summed E-state index contributed by atoms with van der Waals surface area (Å²) in [5.41, 5.74) is 3.52. The van der Waals surface area contributed by atoms with Gasteiger partial charge in [-0.15, -0.1) is 0 Å². The number of amides is 2. The highest BCUT2D eigenvalue weighted by Gasteiger charge is 2.32. The van der Waals surface area contributed by atoms with Crippen LogP contribution >= 0.6 is 0 Å². The lowest BCUT2D eigenvalue weighted by Crippen LogP contribution is -2.35. The lowest BCUT2D eigenvalue weighted by atomic mass is 9.95. The number of methoxy groups -OCH3 is 1. The van der Waals surface area contributed by atoms with Crippen molar-refractivity contribution in [3.8, 4) is 11.1 Å². The molecule has 0 bridgehead atoms. The van der Waals surface area contributed by atoms with Crippen LogP contribution < -0.4 is 10.6 Å². The second-order valence-corrected chi connectivity index (χ2v) is 8.25. The molecule has 1 aliphatic rings. The van der Waals surface area contributed by atoms with Crippen LogP contribution in [0.1, 0.15) is 32.6 Å². The van der Waals surface area contributed by atoms with Crippen LogP contribution in [0.15, 0.2) is 60.7 Å². The second-order valence-electron chi connectivity index (χ2n) is 8.25. The fourth-order valence-corrected chi connectivity index (χ4v) is 4.30. The summed E-state index contributed by atoms with van der Waals surface area (Å²) in [6.07, 6.45) is -3.62. The number of halogens is 3. The summed E-state index contributed by atoms with van der Waals surface area (Å²) in [6, 6.07) is 16.2. The lowest BCUT2D eigenvalue weighted by molar-refractivity contribution is -0.138. The zero-order chi connectivity index (χ0) is 24.5. The van der Waals surface area contributed by atoms with Gasteiger partial charge in [0.1, 0.15) is 0 Å². The van der Waals surface area contributed by atoms with E-state index in [0.717, 1.165) is 17.2 Å². The summed E-state index contributed by atoms with van der Waals surface area (Å²) >= 11 is 0. The molecule has 4 rings (SSSR count). The molecule has 0 aromatic heterocycles. The predicted octanol–water partition coefficient (Wildman–Crippen LogP) is 5.76. The molecule has 176 valence electrons. The minimum absolute atomic E-state index is 0.0722. The van der Waals surface area contributed by atoms with Gasteiger partial charge in [-0.3, -0.25) is 4.79 Å². The molecule has 0 spiro atoms. The normalized spacial score (nSPS) is 14.9. The van der Waals surface area contributed by atoms with E-state index in [0.29, 0.717) is 35.2 Å². The van der Waals surface area contributed by atoms with E-state index in [1.54, 1.807) is 30.3 Å². The molecule has 0 saturated carbocycles. The third-order valence-electron chi connectivity index (χ3n) is 5.92. The monoisotopic (exact) mass is 468 g/mol. The Kier molecular flexibility index (Phi) is 6.32. The highest BCUT2D eigenvalue weighted by atomic mass is 19.4. The van der Waals surface area contributed by atoms with Gasteiger partial charge < -0.3 is 15.4 Å². The van der Waals surface area contributed by atoms with Crippen molar-refractivity contribution in [1.29, 1.82) is 0 Å².